The third-order valence-corrected chi connectivity index (χ3v) is 3.11. The van der Waals surface area contributed by atoms with Crippen molar-refractivity contribution >= 4 is 12.0 Å². The second-order valence-electron chi connectivity index (χ2n) is 4.71. The first-order chi connectivity index (χ1) is 10.1. The maximum atomic E-state index is 11.8. The van der Waals surface area contributed by atoms with Crippen LogP contribution in [0.2, 0.25) is 0 Å². The van der Waals surface area contributed by atoms with Gasteiger partial charge >= 0.3 is 12.0 Å². The van der Waals surface area contributed by atoms with Gasteiger partial charge < -0.3 is 20.1 Å². The Balaban J connectivity index is 2.44. The molecule has 0 aliphatic carbocycles. The Bertz CT molecular complexity index is 476. The number of hydrogen-bond acceptors (Lipinski definition) is 3. The lowest BCUT2D eigenvalue weighted by Crippen LogP contribution is -2.39. The van der Waals surface area contributed by atoms with Gasteiger partial charge in [0.2, 0.25) is 0 Å². The monoisotopic (exact) mass is 294 g/mol. The van der Waals surface area contributed by atoms with Crippen LogP contribution in [0.5, 0.6) is 0 Å². The summed E-state index contributed by atoms with van der Waals surface area (Å²) in [7, 11) is 3.31. The predicted molar refractivity (Wildman–Crippen MR) is 79.6 cm³/mol. The summed E-state index contributed by atoms with van der Waals surface area (Å²) in [6.07, 6.45) is 1.27. The fraction of sp³-hybridized carbons (Fsp3) is 0.467. The molecule has 2 N–H and O–H groups in total. The smallest absolute Gasteiger partial charge is 0.335 e. The van der Waals surface area contributed by atoms with Gasteiger partial charge in [-0.2, -0.15) is 0 Å². The summed E-state index contributed by atoms with van der Waals surface area (Å²) in [4.78, 5) is 24.4. The number of carboxylic acid groups (broad SMARTS) is 1. The Morgan fingerprint density at radius 1 is 1.33 bits per heavy atom. The van der Waals surface area contributed by atoms with E-state index in [4.69, 9.17) is 9.84 Å². The highest BCUT2D eigenvalue weighted by Gasteiger charge is 2.12. The van der Waals surface area contributed by atoms with E-state index in [1.165, 1.54) is 0 Å². The molecule has 2 amide bonds. The highest BCUT2D eigenvalue weighted by atomic mass is 16.5. The van der Waals surface area contributed by atoms with Crippen LogP contribution in [0.3, 0.4) is 0 Å². The topological polar surface area (TPSA) is 78.9 Å². The Kier molecular flexibility index (Phi) is 7.25. The van der Waals surface area contributed by atoms with E-state index in [9.17, 15) is 9.59 Å². The van der Waals surface area contributed by atoms with Crippen molar-refractivity contribution in [2.75, 3.05) is 33.9 Å². The van der Waals surface area contributed by atoms with Gasteiger partial charge in [0.25, 0.3) is 0 Å². The molecule has 0 fully saturated rings. The molecule has 0 heterocycles. The summed E-state index contributed by atoms with van der Waals surface area (Å²) in [6.45, 7) is 1.62. The average Bonchev–Trinajstić information content (AvgIpc) is 2.49. The summed E-state index contributed by atoms with van der Waals surface area (Å²) in [5.41, 5.74) is 1.01. The van der Waals surface area contributed by atoms with Gasteiger partial charge in [-0.3, -0.25) is 0 Å². The highest BCUT2D eigenvalue weighted by molar-refractivity contribution is 5.89. The van der Waals surface area contributed by atoms with E-state index in [-0.39, 0.29) is 11.6 Å². The number of nitrogens with one attached hydrogen (secondary N) is 1. The Morgan fingerprint density at radius 2 is 2.05 bits per heavy atom. The molecule has 0 unspecified atom stereocenters. The molecule has 0 saturated heterocycles. The Hall–Kier alpha value is -2.08. The summed E-state index contributed by atoms with van der Waals surface area (Å²) in [6, 6.07) is 6.67. The Labute approximate surface area is 124 Å². The molecule has 0 aromatic heterocycles. The summed E-state index contributed by atoms with van der Waals surface area (Å²) in [5.74, 6) is -0.947. The van der Waals surface area contributed by atoms with E-state index in [1.807, 2.05) is 0 Å². The van der Waals surface area contributed by atoms with Crippen LogP contribution < -0.4 is 5.32 Å². The maximum Gasteiger partial charge on any atom is 0.335 e. The molecule has 0 spiro atoms. The molecule has 0 aliphatic heterocycles. The average molecular weight is 294 g/mol. The number of urea groups is 1. The van der Waals surface area contributed by atoms with E-state index >= 15 is 0 Å². The number of benzene rings is 1. The third kappa shape index (κ3) is 5.83. The molecular weight excluding hydrogens is 272 g/mol. The van der Waals surface area contributed by atoms with Crippen molar-refractivity contribution in [2.24, 2.45) is 0 Å². The van der Waals surface area contributed by atoms with Gasteiger partial charge in [0, 0.05) is 33.9 Å². The van der Waals surface area contributed by atoms with E-state index in [1.54, 1.807) is 43.3 Å². The lowest BCUT2D eigenvalue weighted by atomic mass is 10.0. The molecule has 1 aromatic carbocycles. The molecule has 0 bridgehead atoms. The number of ether oxygens (including phenoxy) is 1. The van der Waals surface area contributed by atoms with Crippen LogP contribution in [0.15, 0.2) is 24.3 Å². The number of carbonyl (C=O) groups is 2. The normalized spacial score (nSPS) is 10.2. The van der Waals surface area contributed by atoms with Crippen LogP contribution >= 0.6 is 0 Å². The van der Waals surface area contributed by atoms with E-state index in [0.717, 1.165) is 12.0 Å². The van der Waals surface area contributed by atoms with E-state index in [0.29, 0.717) is 26.1 Å². The standard InChI is InChI=1S/C15H22N2O4/c1-17(15(20)16-9-5-11-21-2)10-8-12-6-3-4-7-13(12)14(18)19/h3-4,6-7H,5,8-11H2,1-2H3,(H,16,20)(H,18,19). The third-order valence-electron chi connectivity index (χ3n) is 3.11. The van der Waals surface area contributed by atoms with Crippen molar-refractivity contribution in [3.8, 4) is 0 Å². The van der Waals surface area contributed by atoms with Crippen LogP contribution in [-0.2, 0) is 11.2 Å². The van der Waals surface area contributed by atoms with Gasteiger partial charge in [0.1, 0.15) is 0 Å². The fourth-order valence-electron chi connectivity index (χ4n) is 1.88. The molecule has 6 nitrogen and oxygen atoms in total. The molecule has 21 heavy (non-hydrogen) atoms. The Morgan fingerprint density at radius 3 is 2.71 bits per heavy atom. The molecule has 1 rings (SSSR count). The second kappa shape index (κ2) is 8.97. The van der Waals surface area contributed by atoms with Gasteiger partial charge in [0.15, 0.2) is 0 Å². The number of hydrogen-bond donors (Lipinski definition) is 2. The minimum Gasteiger partial charge on any atom is -0.478 e. The zero-order chi connectivity index (χ0) is 15.7. The van der Waals surface area contributed by atoms with E-state index in [2.05, 4.69) is 5.32 Å². The highest BCUT2D eigenvalue weighted by Crippen LogP contribution is 2.10. The van der Waals surface area contributed by atoms with Gasteiger partial charge in [-0.15, -0.1) is 0 Å². The van der Waals surface area contributed by atoms with Gasteiger partial charge in [-0.25, -0.2) is 9.59 Å². The minimum atomic E-state index is -0.947. The largest absolute Gasteiger partial charge is 0.478 e. The summed E-state index contributed by atoms with van der Waals surface area (Å²) >= 11 is 0. The molecule has 0 atom stereocenters. The van der Waals surface area contributed by atoms with Crippen molar-refractivity contribution in [3.05, 3.63) is 35.4 Å². The van der Waals surface area contributed by atoms with Gasteiger partial charge in [-0.1, -0.05) is 18.2 Å². The van der Waals surface area contributed by atoms with Crippen molar-refractivity contribution in [1.29, 1.82) is 0 Å². The number of nitrogens with zero attached hydrogens (tertiary/aromatic N) is 1. The molecule has 1 aromatic rings. The number of aromatic carboxylic acids is 1. The lowest BCUT2D eigenvalue weighted by molar-refractivity contribution is 0.0695. The molecule has 0 aliphatic rings. The number of amides is 2. The van der Waals surface area contributed by atoms with Crippen LogP contribution in [0.4, 0.5) is 4.79 Å². The number of likely N-dealkylation sites (N-methyl/N-ethyl adjacent to an activating group) is 1. The maximum absolute atomic E-state index is 11.8. The molecule has 0 saturated carbocycles. The van der Waals surface area contributed by atoms with Gasteiger partial charge in [-0.05, 0) is 24.5 Å². The van der Waals surface area contributed by atoms with Crippen molar-refractivity contribution in [1.82, 2.24) is 10.2 Å². The molecule has 0 radical (unpaired) electrons. The summed E-state index contributed by atoms with van der Waals surface area (Å²) < 4.78 is 4.90. The van der Waals surface area contributed by atoms with E-state index < -0.39 is 5.97 Å². The molecule has 116 valence electrons. The van der Waals surface area contributed by atoms with Crippen molar-refractivity contribution < 1.29 is 19.4 Å². The number of carboxylic acids is 1. The predicted octanol–water partition coefficient (Wildman–Crippen LogP) is 1.61. The quantitative estimate of drug-likeness (QED) is 0.714. The number of methoxy groups -OCH3 is 1. The van der Waals surface area contributed by atoms with Crippen LogP contribution in [0.1, 0.15) is 22.3 Å². The number of carbonyl (C=O) groups excluding carboxylic acids is 1. The fourth-order valence-corrected chi connectivity index (χ4v) is 1.88. The zero-order valence-electron chi connectivity index (χ0n) is 12.5. The molecule has 6 heteroatoms. The molecular formula is C15H22N2O4. The summed E-state index contributed by atoms with van der Waals surface area (Å²) in [5, 5.41) is 11.9. The van der Waals surface area contributed by atoms with Crippen LogP contribution in [0.25, 0.3) is 0 Å². The lowest BCUT2D eigenvalue weighted by Gasteiger charge is -2.18. The second-order valence-corrected chi connectivity index (χ2v) is 4.71. The van der Waals surface area contributed by atoms with Crippen LogP contribution in [-0.4, -0.2) is 55.9 Å². The first kappa shape index (κ1) is 17.0. The first-order valence-electron chi connectivity index (χ1n) is 6.85. The SMILES string of the molecule is COCCCNC(=O)N(C)CCc1ccccc1C(=O)O. The zero-order valence-corrected chi connectivity index (χ0v) is 12.5. The van der Waals surface area contributed by atoms with Crippen molar-refractivity contribution in [2.45, 2.75) is 12.8 Å². The van der Waals surface area contributed by atoms with Crippen molar-refractivity contribution in [3.63, 3.8) is 0 Å². The number of rotatable bonds is 8. The first-order valence-corrected chi connectivity index (χ1v) is 6.85. The minimum absolute atomic E-state index is 0.168. The van der Waals surface area contributed by atoms with Gasteiger partial charge in [0.05, 0.1) is 5.56 Å². The van der Waals surface area contributed by atoms with Crippen LogP contribution in [0, 0.1) is 0 Å².